The van der Waals surface area contributed by atoms with Crippen LogP contribution in [0, 0.1) is 6.92 Å². The van der Waals surface area contributed by atoms with E-state index in [4.69, 9.17) is 28.9 Å². The zero-order chi connectivity index (χ0) is 15.0. The summed E-state index contributed by atoms with van der Waals surface area (Å²) in [4.78, 5) is 6.88. The Morgan fingerprint density at radius 2 is 2.24 bits per heavy atom. The van der Waals surface area contributed by atoms with Crippen LogP contribution in [0.2, 0.25) is 10.0 Å². The molecule has 0 radical (unpaired) electrons. The van der Waals surface area contributed by atoms with Gasteiger partial charge in [-0.25, -0.2) is 4.98 Å². The molecular formula is C15H17Cl2N3S. The molecule has 0 aliphatic carbocycles. The van der Waals surface area contributed by atoms with E-state index in [0.29, 0.717) is 11.6 Å². The smallest absolute Gasteiger partial charge is 0.0940 e. The largest absolute Gasteiger partial charge is 0.329 e. The maximum absolute atomic E-state index is 6.32. The van der Waals surface area contributed by atoms with Crippen molar-refractivity contribution in [1.29, 1.82) is 0 Å². The topological polar surface area (TPSA) is 42.1 Å². The van der Waals surface area contributed by atoms with Crippen molar-refractivity contribution in [3.63, 3.8) is 0 Å². The first-order chi connectivity index (χ1) is 10.1. The maximum atomic E-state index is 6.32. The third-order valence-electron chi connectivity index (χ3n) is 3.86. The minimum Gasteiger partial charge on any atom is -0.329 e. The Hall–Kier alpha value is -0.650. The first-order valence-corrected chi connectivity index (χ1v) is 8.55. The molecule has 3 rings (SSSR count). The number of fused-ring (bicyclic) bond motifs is 1. The SMILES string of the molecule is Cc1csc(CCN2Cc3c(Cl)cc(Cl)cc3C2CN)n1. The van der Waals surface area contributed by atoms with Crippen LogP contribution in [0.15, 0.2) is 17.5 Å². The number of aromatic nitrogens is 1. The highest BCUT2D eigenvalue weighted by Gasteiger charge is 2.30. The van der Waals surface area contributed by atoms with Gasteiger partial charge < -0.3 is 5.73 Å². The Balaban J connectivity index is 1.77. The molecule has 1 aliphatic heterocycles. The molecule has 1 aliphatic rings. The third kappa shape index (κ3) is 3.10. The van der Waals surface area contributed by atoms with Crippen molar-refractivity contribution in [3.8, 4) is 0 Å². The number of nitrogens with zero attached hydrogens (tertiary/aromatic N) is 2. The number of thiazole rings is 1. The van der Waals surface area contributed by atoms with E-state index in [1.807, 2.05) is 19.1 Å². The standard InChI is InChI=1S/C15H17Cl2N3S/c1-9-8-21-15(19-9)2-3-20-7-12-11(14(20)6-18)4-10(16)5-13(12)17/h4-5,8,14H,2-3,6-7,18H2,1H3. The van der Waals surface area contributed by atoms with Crippen LogP contribution in [0.25, 0.3) is 0 Å². The van der Waals surface area contributed by atoms with Crippen LogP contribution in [-0.4, -0.2) is 23.0 Å². The molecule has 0 saturated heterocycles. The lowest BCUT2D eigenvalue weighted by Gasteiger charge is -2.23. The Morgan fingerprint density at radius 1 is 1.43 bits per heavy atom. The van der Waals surface area contributed by atoms with Crippen molar-refractivity contribution >= 4 is 34.5 Å². The number of benzene rings is 1. The molecule has 1 aromatic heterocycles. The van der Waals surface area contributed by atoms with Crippen LogP contribution in [0.1, 0.15) is 27.9 Å². The summed E-state index contributed by atoms with van der Waals surface area (Å²) in [6.45, 7) is 4.35. The fourth-order valence-corrected chi connectivity index (χ4v) is 4.20. The van der Waals surface area contributed by atoms with Crippen LogP contribution < -0.4 is 5.73 Å². The molecule has 1 atom stereocenters. The van der Waals surface area contributed by atoms with Crippen LogP contribution in [0.4, 0.5) is 0 Å². The Morgan fingerprint density at radius 3 is 2.90 bits per heavy atom. The Labute approximate surface area is 138 Å². The molecule has 1 unspecified atom stereocenters. The highest BCUT2D eigenvalue weighted by Crippen LogP contribution is 2.39. The summed E-state index contributed by atoms with van der Waals surface area (Å²) in [6, 6.07) is 3.99. The first kappa shape index (κ1) is 15.3. The van der Waals surface area contributed by atoms with Gasteiger partial charge in [-0.2, -0.15) is 0 Å². The lowest BCUT2D eigenvalue weighted by molar-refractivity contribution is 0.223. The first-order valence-electron chi connectivity index (χ1n) is 6.91. The van der Waals surface area contributed by atoms with Gasteiger partial charge in [-0.3, -0.25) is 4.90 Å². The van der Waals surface area contributed by atoms with E-state index >= 15 is 0 Å². The van der Waals surface area contributed by atoms with Gasteiger partial charge in [-0.05, 0) is 30.2 Å². The molecule has 112 valence electrons. The second-order valence-electron chi connectivity index (χ2n) is 5.31. The highest BCUT2D eigenvalue weighted by molar-refractivity contribution is 7.09. The Kier molecular flexibility index (Phi) is 4.52. The quantitative estimate of drug-likeness (QED) is 0.919. The molecule has 0 amide bonds. The predicted octanol–water partition coefficient (Wildman–Crippen LogP) is 3.82. The summed E-state index contributed by atoms with van der Waals surface area (Å²) >= 11 is 14.2. The molecular weight excluding hydrogens is 325 g/mol. The lowest BCUT2D eigenvalue weighted by atomic mass is 10.0. The van der Waals surface area contributed by atoms with E-state index in [9.17, 15) is 0 Å². The van der Waals surface area contributed by atoms with Crippen LogP contribution in [0.5, 0.6) is 0 Å². The zero-order valence-corrected chi connectivity index (χ0v) is 14.1. The van der Waals surface area contributed by atoms with Crippen molar-refractivity contribution in [2.75, 3.05) is 13.1 Å². The van der Waals surface area contributed by atoms with Gasteiger partial charge in [0, 0.05) is 53.2 Å². The van der Waals surface area contributed by atoms with E-state index in [1.165, 1.54) is 10.6 Å². The second-order valence-corrected chi connectivity index (χ2v) is 7.10. The Bertz CT molecular complexity index is 656. The fourth-order valence-electron chi connectivity index (χ4n) is 2.87. The number of aryl methyl sites for hydroxylation is 1. The van der Waals surface area contributed by atoms with Crippen molar-refractivity contribution in [1.82, 2.24) is 9.88 Å². The molecule has 0 fully saturated rings. The van der Waals surface area contributed by atoms with Crippen molar-refractivity contribution < 1.29 is 0 Å². The average molecular weight is 342 g/mol. The maximum Gasteiger partial charge on any atom is 0.0940 e. The molecule has 0 bridgehead atoms. The molecule has 2 heterocycles. The number of hydrogen-bond donors (Lipinski definition) is 1. The van der Waals surface area contributed by atoms with Gasteiger partial charge in [0.05, 0.1) is 5.01 Å². The lowest BCUT2D eigenvalue weighted by Crippen LogP contribution is -2.29. The summed E-state index contributed by atoms with van der Waals surface area (Å²) in [6.07, 6.45) is 0.939. The molecule has 2 aromatic rings. The van der Waals surface area contributed by atoms with Gasteiger partial charge in [0.1, 0.15) is 0 Å². The molecule has 6 heteroatoms. The molecule has 0 spiro atoms. The monoisotopic (exact) mass is 341 g/mol. The van der Waals surface area contributed by atoms with Crippen LogP contribution >= 0.6 is 34.5 Å². The summed E-state index contributed by atoms with van der Waals surface area (Å²) in [7, 11) is 0. The van der Waals surface area contributed by atoms with Crippen molar-refractivity contribution in [2.45, 2.75) is 25.9 Å². The molecule has 0 saturated carbocycles. The van der Waals surface area contributed by atoms with Crippen LogP contribution in [-0.2, 0) is 13.0 Å². The van der Waals surface area contributed by atoms with Gasteiger partial charge in [-0.15, -0.1) is 11.3 Å². The third-order valence-corrected chi connectivity index (χ3v) is 5.44. The minimum absolute atomic E-state index is 0.192. The van der Waals surface area contributed by atoms with Gasteiger partial charge >= 0.3 is 0 Å². The van der Waals surface area contributed by atoms with E-state index in [0.717, 1.165) is 35.8 Å². The van der Waals surface area contributed by atoms with Gasteiger partial charge in [0.15, 0.2) is 0 Å². The number of rotatable bonds is 4. The fraction of sp³-hybridized carbons (Fsp3) is 0.400. The number of hydrogen-bond acceptors (Lipinski definition) is 4. The summed E-state index contributed by atoms with van der Waals surface area (Å²) in [5.41, 5.74) is 9.39. The summed E-state index contributed by atoms with van der Waals surface area (Å²) in [5.74, 6) is 0. The van der Waals surface area contributed by atoms with Crippen molar-refractivity contribution in [3.05, 3.63) is 49.4 Å². The summed E-state index contributed by atoms with van der Waals surface area (Å²) < 4.78 is 0. The van der Waals surface area contributed by atoms with E-state index in [1.54, 1.807) is 11.3 Å². The van der Waals surface area contributed by atoms with Gasteiger partial charge in [0.2, 0.25) is 0 Å². The second kappa shape index (κ2) is 6.23. The average Bonchev–Trinajstić information content (AvgIpc) is 2.99. The van der Waals surface area contributed by atoms with E-state index < -0.39 is 0 Å². The van der Waals surface area contributed by atoms with Crippen LogP contribution in [0.3, 0.4) is 0 Å². The van der Waals surface area contributed by atoms with Crippen molar-refractivity contribution in [2.24, 2.45) is 5.73 Å². The molecule has 1 aromatic carbocycles. The number of halogens is 2. The van der Waals surface area contributed by atoms with Gasteiger partial charge in [-0.1, -0.05) is 23.2 Å². The normalized spacial score (nSPS) is 18.2. The van der Waals surface area contributed by atoms with Gasteiger partial charge in [0.25, 0.3) is 0 Å². The molecule has 2 N–H and O–H groups in total. The zero-order valence-electron chi connectivity index (χ0n) is 11.8. The number of nitrogens with two attached hydrogens (primary N) is 1. The highest BCUT2D eigenvalue weighted by atomic mass is 35.5. The molecule has 21 heavy (non-hydrogen) atoms. The molecule has 3 nitrogen and oxygen atoms in total. The minimum atomic E-state index is 0.192. The summed E-state index contributed by atoms with van der Waals surface area (Å²) in [5, 5.41) is 4.67. The predicted molar refractivity (Wildman–Crippen MR) is 89.2 cm³/mol. The van der Waals surface area contributed by atoms with E-state index in [2.05, 4.69) is 15.3 Å². The van der Waals surface area contributed by atoms with E-state index in [-0.39, 0.29) is 6.04 Å².